The van der Waals surface area contributed by atoms with Crippen molar-refractivity contribution in [1.82, 2.24) is 10.2 Å². The van der Waals surface area contributed by atoms with Crippen molar-refractivity contribution >= 4 is 11.8 Å². The van der Waals surface area contributed by atoms with Crippen molar-refractivity contribution < 1.29 is 9.59 Å². The minimum atomic E-state index is -0.224. The summed E-state index contributed by atoms with van der Waals surface area (Å²) in [5.41, 5.74) is -0.448. The van der Waals surface area contributed by atoms with E-state index in [4.69, 9.17) is 0 Å². The molecule has 0 unspecified atom stereocenters. The maximum atomic E-state index is 12.5. The van der Waals surface area contributed by atoms with E-state index in [2.05, 4.69) is 33.0 Å². The molecule has 0 aromatic carbocycles. The quantitative estimate of drug-likeness (QED) is 0.851. The number of nitrogens with zero attached hydrogens (tertiary/aromatic N) is 1. The van der Waals surface area contributed by atoms with Crippen LogP contribution in [-0.4, -0.2) is 33.8 Å². The average molecular weight is 308 g/mol. The number of piperidine rings is 1. The van der Waals surface area contributed by atoms with E-state index >= 15 is 0 Å². The van der Waals surface area contributed by atoms with E-state index in [0.717, 1.165) is 25.7 Å². The molecule has 0 bridgehead atoms. The van der Waals surface area contributed by atoms with Crippen LogP contribution in [0.25, 0.3) is 0 Å². The standard InChI is InChI=1S/C18H32N2O2/c1-13(21)20-17(2,3)11-15(12-18(20,4)5)19-16(22)14-9-7-6-8-10-14/h14-15H,6-12H2,1-5H3,(H,19,22). The average Bonchev–Trinajstić information content (AvgIpc) is 2.35. The highest BCUT2D eigenvalue weighted by atomic mass is 16.2. The summed E-state index contributed by atoms with van der Waals surface area (Å²) >= 11 is 0. The monoisotopic (exact) mass is 308 g/mol. The molecule has 1 aliphatic carbocycles. The van der Waals surface area contributed by atoms with Gasteiger partial charge in [-0.05, 0) is 53.4 Å². The first-order valence-electron chi connectivity index (χ1n) is 8.75. The minimum Gasteiger partial charge on any atom is -0.353 e. The largest absolute Gasteiger partial charge is 0.353 e. The molecule has 0 aromatic heterocycles. The van der Waals surface area contributed by atoms with Gasteiger partial charge in [0.15, 0.2) is 0 Å². The molecule has 2 aliphatic rings. The van der Waals surface area contributed by atoms with Gasteiger partial charge in [0, 0.05) is 30.0 Å². The Morgan fingerprint density at radius 1 is 0.955 bits per heavy atom. The van der Waals surface area contributed by atoms with E-state index in [0.29, 0.717) is 0 Å². The third-order valence-electron chi connectivity index (χ3n) is 5.34. The van der Waals surface area contributed by atoms with Crippen molar-refractivity contribution in [1.29, 1.82) is 0 Å². The lowest BCUT2D eigenvalue weighted by Gasteiger charge is -2.55. The van der Waals surface area contributed by atoms with Crippen LogP contribution in [0.2, 0.25) is 0 Å². The molecule has 4 nitrogen and oxygen atoms in total. The zero-order chi connectivity index (χ0) is 16.5. The SMILES string of the molecule is CC(=O)N1C(C)(C)CC(NC(=O)C2CCCCC2)CC1(C)C. The zero-order valence-electron chi connectivity index (χ0n) is 14.9. The highest BCUT2D eigenvalue weighted by Crippen LogP contribution is 2.38. The fourth-order valence-corrected chi connectivity index (χ4v) is 4.92. The molecule has 1 heterocycles. The number of carbonyl (C=O) groups excluding carboxylic acids is 2. The van der Waals surface area contributed by atoms with Crippen LogP contribution in [0.1, 0.15) is 79.6 Å². The van der Waals surface area contributed by atoms with Crippen molar-refractivity contribution in [3.8, 4) is 0 Å². The van der Waals surface area contributed by atoms with Gasteiger partial charge in [0.1, 0.15) is 0 Å². The van der Waals surface area contributed by atoms with Crippen LogP contribution in [0.3, 0.4) is 0 Å². The van der Waals surface area contributed by atoms with Gasteiger partial charge in [-0.3, -0.25) is 9.59 Å². The maximum Gasteiger partial charge on any atom is 0.223 e. The summed E-state index contributed by atoms with van der Waals surface area (Å²) in [7, 11) is 0. The van der Waals surface area contributed by atoms with Crippen molar-refractivity contribution in [2.45, 2.75) is 96.7 Å². The lowest BCUT2D eigenvalue weighted by Crippen LogP contribution is -2.65. The van der Waals surface area contributed by atoms with Gasteiger partial charge >= 0.3 is 0 Å². The van der Waals surface area contributed by atoms with E-state index in [-0.39, 0.29) is 34.9 Å². The van der Waals surface area contributed by atoms with Crippen LogP contribution in [-0.2, 0) is 9.59 Å². The normalized spacial score (nSPS) is 25.8. The number of likely N-dealkylation sites (tertiary alicyclic amines) is 1. The molecule has 2 fully saturated rings. The van der Waals surface area contributed by atoms with E-state index in [1.807, 2.05) is 4.90 Å². The van der Waals surface area contributed by atoms with Crippen LogP contribution in [0.4, 0.5) is 0 Å². The Morgan fingerprint density at radius 3 is 1.91 bits per heavy atom. The topological polar surface area (TPSA) is 49.4 Å². The molecule has 1 aliphatic heterocycles. The van der Waals surface area contributed by atoms with Gasteiger partial charge in [-0.25, -0.2) is 0 Å². The van der Waals surface area contributed by atoms with Gasteiger partial charge in [0.2, 0.25) is 11.8 Å². The Hall–Kier alpha value is -1.06. The fraction of sp³-hybridized carbons (Fsp3) is 0.889. The number of carbonyl (C=O) groups is 2. The summed E-state index contributed by atoms with van der Waals surface area (Å²) in [6.07, 6.45) is 7.34. The molecule has 0 atom stereocenters. The lowest BCUT2D eigenvalue weighted by molar-refractivity contribution is -0.148. The molecule has 126 valence electrons. The van der Waals surface area contributed by atoms with Gasteiger partial charge < -0.3 is 10.2 Å². The minimum absolute atomic E-state index is 0.118. The van der Waals surface area contributed by atoms with E-state index in [1.165, 1.54) is 19.3 Å². The van der Waals surface area contributed by atoms with Crippen LogP contribution in [0, 0.1) is 5.92 Å². The van der Waals surface area contributed by atoms with Crippen LogP contribution in [0.15, 0.2) is 0 Å². The molecular weight excluding hydrogens is 276 g/mol. The Morgan fingerprint density at radius 2 is 1.45 bits per heavy atom. The second-order valence-electron chi connectivity index (χ2n) is 8.43. The molecule has 0 aromatic rings. The van der Waals surface area contributed by atoms with E-state index in [1.54, 1.807) is 6.92 Å². The van der Waals surface area contributed by atoms with Crippen molar-refractivity contribution in [3.05, 3.63) is 0 Å². The molecule has 0 radical (unpaired) electrons. The fourth-order valence-electron chi connectivity index (χ4n) is 4.92. The van der Waals surface area contributed by atoms with Gasteiger partial charge in [0.25, 0.3) is 0 Å². The molecule has 1 saturated carbocycles. The summed E-state index contributed by atoms with van der Waals surface area (Å²) in [5, 5.41) is 3.28. The highest BCUT2D eigenvalue weighted by molar-refractivity contribution is 5.79. The Bertz CT molecular complexity index is 418. The third-order valence-corrected chi connectivity index (χ3v) is 5.34. The Balaban J connectivity index is 2.04. The molecule has 4 heteroatoms. The Labute approximate surface area is 135 Å². The highest BCUT2D eigenvalue weighted by Gasteiger charge is 2.47. The first-order valence-corrected chi connectivity index (χ1v) is 8.75. The number of hydrogen-bond donors (Lipinski definition) is 1. The molecular formula is C18H32N2O2. The molecule has 1 N–H and O–H groups in total. The second-order valence-corrected chi connectivity index (χ2v) is 8.43. The first-order chi connectivity index (χ1) is 10.1. The zero-order valence-corrected chi connectivity index (χ0v) is 14.9. The summed E-state index contributed by atoms with van der Waals surface area (Å²) in [6.45, 7) is 10.1. The maximum absolute atomic E-state index is 12.5. The number of hydrogen-bond acceptors (Lipinski definition) is 2. The summed E-state index contributed by atoms with van der Waals surface area (Å²) in [4.78, 5) is 26.5. The summed E-state index contributed by atoms with van der Waals surface area (Å²) in [5.74, 6) is 0.547. The van der Waals surface area contributed by atoms with Gasteiger partial charge in [0.05, 0.1) is 0 Å². The number of nitrogens with one attached hydrogen (secondary N) is 1. The van der Waals surface area contributed by atoms with Crippen molar-refractivity contribution in [2.24, 2.45) is 5.92 Å². The number of amides is 2. The van der Waals surface area contributed by atoms with Crippen molar-refractivity contribution in [3.63, 3.8) is 0 Å². The summed E-state index contributed by atoms with van der Waals surface area (Å²) in [6, 6.07) is 0.162. The van der Waals surface area contributed by atoms with Gasteiger partial charge in [-0.15, -0.1) is 0 Å². The predicted octanol–water partition coefficient (Wildman–Crippen LogP) is 3.25. The van der Waals surface area contributed by atoms with Gasteiger partial charge in [-0.1, -0.05) is 19.3 Å². The molecule has 2 rings (SSSR count). The van der Waals surface area contributed by atoms with Crippen LogP contribution in [0.5, 0.6) is 0 Å². The smallest absolute Gasteiger partial charge is 0.223 e. The molecule has 0 spiro atoms. The van der Waals surface area contributed by atoms with Crippen LogP contribution < -0.4 is 5.32 Å². The molecule has 1 saturated heterocycles. The molecule has 22 heavy (non-hydrogen) atoms. The lowest BCUT2D eigenvalue weighted by atomic mass is 9.76. The number of rotatable bonds is 2. The van der Waals surface area contributed by atoms with E-state index in [9.17, 15) is 9.59 Å². The second kappa shape index (κ2) is 6.21. The molecule has 2 amide bonds. The van der Waals surface area contributed by atoms with Crippen molar-refractivity contribution in [2.75, 3.05) is 0 Å². The van der Waals surface area contributed by atoms with E-state index < -0.39 is 0 Å². The first kappa shape index (κ1) is 17.3. The predicted molar refractivity (Wildman–Crippen MR) is 88.4 cm³/mol. The Kier molecular flexibility index (Phi) is 4.88. The summed E-state index contributed by atoms with van der Waals surface area (Å²) < 4.78 is 0. The van der Waals surface area contributed by atoms with Gasteiger partial charge in [-0.2, -0.15) is 0 Å². The third kappa shape index (κ3) is 3.64. The van der Waals surface area contributed by atoms with Crippen LogP contribution >= 0.6 is 0 Å².